The van der Waals surface area contributed by atoms with Gasteiger partial charge in [0.25, 0.3) is 0 Å². The van der Waals surface area contributed by atoms with Gasteiger partial charge in [-0.15, -0.1) is 0 Å². The summed E-state index contributed by atoms with van der Waals surface area (Å²) >= 11 is 1.46. The van der Waals surface area contributed by atoms with Gasteiger partial charge in [0.2, 0.25) is 0 Å². The van der Waals surface area contributed by atoms with Crippen LogP contribution in [0.4, 0.5) is 0 Å². The van der Waals surface area contributed by atoms with Crippen LogP contribution in [0.5, 0.6) is 0 Å². The van der Waals surface area contributed by atoms with E-state index in [-0.39, 0.29) is 24.3 Å². The topological polar surface area (TPSA) is 52.6 Å². The second-order valence-electron chi connectivity index (χ2n) is 3.35. The molecule has 0 fully saturated rings. The lowest BCUT2D eigenvalue weighted by Gasteiger charge is -2.09. The van der Waals surface area contributed by atoms with Crippen LogP contribution in [0.2, 0.25) is 0 Å². The van der Waals surface area contributed by atoms with Crippen molar-refractivity contribution in [2.24, 2.45) is 0 Å². The summed E-state index contributed by atoms with van der Waals surface area (Å²) in [6.45, 7) is 1.76. The summed E-state index contributed by atoms with van der Waals surface area (Å²) in [4.78, 5) is 22.5. The molecule has 0 spiro atoms. The quantitative estimate of drug-likeness (QED) is 0.755. The Morgan fingerprint density at radius 2 is 2.00 bits per heavy atom. The predicted molar refractivity (Wildman–Crippen MR) is 60.5 cm³/mol. The van der Waals surface area contributed by atoms with Crippen LogP contribution in [0.3, 0.4) is 0 Å². The summed E-state index contributed by atoms with van der Waals surface area (Å²) in [5, 5.41) is 3.71. The molecular weight excluding hydrogens is 228 g/mol. The number of thiophene rings is 1. The minimum absolute atomic E-state index is 0.191. The second kappa shape index (κ2) is 5.65. The van der Waals surface area contributed by atoms with Crippen LogP contribution >= 0.6 is 11.3 Å². The molecule has 1 aromatic rings. The first-order valence-corrected chi connectivity index (χ1v) is 5.74. The van der Waals surface area contributed by atoms with Gasteiger partial charge in [-0.3, -0.25) is 9.59 Å². The van der Waals surface area contributed by atoms with E-state index < -0.39 is 0 Å². The monoisotopic (exact) mass is 242 g/mol. The number of carbonyl (C=O) groups excluding carboxylic acids is 2. The Labute approximate surface area is 98.2 Å². The van der Waals surface area contributed by atoms with Crippen molar-refractivity contribution < 1.29 is 19.1 Å². The van der Waals surface area contributed by atoms with Gasteiger partial charge >= 0.3 is 11.9 Å². The number of carbonyl (C=O) groups is 2. The molecule has 0 amide bonds. The van der Waals surface area contributed by atoms with E-state index in [1.54, 1.807) is 6.92 Å². The fourth-order valence-electron chi connectivity index (χ4n) is 1.39. The molecular formula is C11H14O4S. The molecule has 0 radical (unpaired) electrons. The van der Waals surface area contributed by atoms with E-state index in [1.165, 1.54) is 25.6 Å². The molecule has 0 aliphatic carbocycles. The lowest BCUT2D eigenvalue weighted by Crippen LogP contribution is -2.13. The van der Waals surface area contributed by atoms with Crippen LogP contribution in [0.15, 0.2) is 10.8 Å². The maximum Gasteiger partial charge on any atom is 0.312 e. The first-order chi connectivity index (χ1) is 7.60. The second-order valence-corrected chi connectivity index (χ2v) is 4.09. The van der Waals surface area contributed by atoms with E-state index >= 15 is 0 Å². The highest BCUT2D eigenvalue weighted by Crippen LogP contribution is 2.25. The normalized spacial score (nSPS) is 11.9. The number of esters is 2. The average Bonchev–Trinajstić information content (AvgIpc) is 2.74. The molecule has 0 aliphatic heterocycles. The van der Waals surface area contributed by atoms with Gasteiger partial charge in [-0.1, -0.05) is 0 Å². The Bertz CT molecular complexity index is 383. The first-order valence-electron chi connectivity index (χ1n) is 4.79. The van der Waals surface area contributed by atoms with Crippen LogP contribution in [0, 0.1) is 0 Å². The zero-order valence-corrected chi connectivity index (χ0v) is 10.3. The molecule has 0 saturated carbocycles. The Balaban J connectivity index is 2.85. The van der Waals surface area contributed by atoms with Crippen molar-refractivity contribution >= 4 is 23.3 Å². The van der Waals surface area contributed by atoms with E-state index in [2.05, 4.69) is 9.47 Å². The molecule has 88 valence electrons. The third-order valence-corrected chi connectivity index (χ3v) is 3.17. The van der Waals surface area contributed by atoms with Gasteiger partial charge in [0.1, 0.15) is 0 Å². The summed E-state index contributed by atoms with van der Waals surface area (Å²) in [7, 11) is 2.70. The average molecular weight is 242 g/mol. The highest BCUT2D eigenvalue weighted by molar-refractivity contribution is 7.08. The Morgan fingerprint density at radius 1 is 1.31 bits per heavy atom. The molecule has 0 aromatic carbocycles. The van der Waals surface area contributed by atoms with Crippen LogP contribution in [-0.4, -0.2) is 26.2 Å². The molecule has 16 heavy (non-hydrogen) atoms. The van der Waals surface area contributed by atoms with Crippen molar-refractivity contribution in [2.45, 2.75) is 19.3 Å². The molecule has 5 heteroatoms. The standard InChI is InChI=1S/C11H14O4S/c1-7(11(13)15-3)9-6-16-5-8(9)4-10(12)14-2/h5-7H,4H2,1-3H3. The summed E-state index contributed by atoms with van der Waals surface area (Å²) in [5.74, 6) is -0.961. The molecule has 0 N–H and O–H groups in total. The number of ether oxygens (including phenoxy) is 2. The van der Waals surface area contributed by atoms with Crippen LogP contribution < -0.4 is 0 Å². The maximum absolute atomic E-state index is 11.4. The number of hydrogen-bond donors (Lipinski definition) is 0. The number of hydrogen-bond acceptors (Lipinski definition) is 5. The van der Waals surface area contributed by atoms with E-state index in [0.29, 0.717) is 0 Å². The molecule has 0 aliphatic rings. The first kappa shape index (κ1) is 12.7. The SMILES string of the molecule is COC(=O)Cc1cscc1C(C)C(=O)OC. The van der Waals surface area contributed by atoms with Crippen molar-refractivity contribution in [2.75, 3.05) is 14.2 Å². The molecule has 1 atom stereocenters. The van der Waals surface area contributed by atoms with E-state index in [9.17, 15) is 9.59 Å². The maximum atomic E-state index is 11.4. The van der Waals surface area contributed by atoms with Gasteiger partial charge in [-0.05, 0) is 28.8 Å². The van der Waals surface area contributed by atoms with Crippen molar-refractivity contribution in [1.82, 2.24) is 0 Å². The number of methoxy groups -OCH3 is 2. The van der Waals surface area contributed by atoms with E-state index in [1.807, 2.05) is 10.8 Å². The third kappa shape index (κ3) is 2.82. The van der Waals surface area contributed by atoms with Gasteiger partial charge in [-0.2, -0.15) is 11.3 Å². The molecule has 1 aromatic heterocycles. The van der Waals surface area contributed by atoms with E-state index in [4.69, 9.17) is 0 Å². The molecule has 4 nitrogen and oxygen atoms in total. The van der Waals surface area contributed by atoms with Crippen molar-refractivity contribution in [1.29, 1.82) is 0 Å². The molecule has 0 saturated heterocycles. The van der Waals surface area contributed by atoms with Gasteiger partial charge in [0, 0.05) is 0 Å². The summed E-state index contributed by atoms with van der Waals surface area (Å²) in [5.41, 5.74) is 1.66. The lowest BCUT2D eigenvalue weighted by molar-refractivity contribution is -0.142. The van der Waals surface area contributed by atoms with Gasteiger partial charge in [0.05, 0.1) is 26.6 Å². The summed E-state index contributed by atoms with van der Waals surface area (Å²) in [6.07, 6.45) is 0.191. The summed E-state index contributed by atoms with van der Waals surface area (Å²) in [6, 6.07) is 0. The van der Waals surface area contributed by atoms with Gasteiger partial charge < -0.3 is 9.47 Å². The smallest absolute Gasteiger partial charge is 0.312 e. The predicted octanol–water partition coefficient (Wildman–Crippen LogP) is 1.74. The molecule has 1 heterocycles. The third-order valence-electron chi connectivity index (χ3n) is 2.36. The highest BCUT2D eigenvalue weighted by Gasteiger charge is 2.20. The van der Waals surface area contributed by atoms with Crippen LogP contribution in [0.1, 0.15) is 24.0 Å². The largest absolute Gasteiger partial charge is 0.469 e. The van der Waals surface area contributed by atoms with Crippen molar-refractivity contribution in [3.8, 4) is 0 Å². The Morgan fingerprint density at radius 3 is 2.56 bits per heavy atom. The molecule has 1 unspecified atom stereocenters. The minimum atomic E-state index is -0.351. The highest BCUT2D eigenvalue weighted by atomic mass is 32.1. The summed E-state index contributed by atoms with van der Waals surface area (Å²) < 4.78 is 9.27. The minimum Gasteiger partial charge on any atom is -0.469 e. The molecule has 1 rings (SSSR count). The number of rotatable bonds is 4. The fourth-order valence-corrected chi connectivity index (χ4v) is 2.34. The Kier molecular flexibility index (Phi) is 4.49. The lowest BCUT2D eigenvalue weighted by atomic mass is 9.99. The molecule has 0 bridgehead atoms. The van der Waals surface area contributed by atoms with Crippen molar-refractivity contribution in [3.05, 3.63) is 21.9 Å². The van der Waals surface area contributed by atoms with E-state index in [0.717, 1.165) is 11.1 Å². The van der Waals surface area contributed by atoms with Gasteiger partial charge in [-0.25, -0.2) is 0 Å². The van der Waals surface area contributed by atoms with Gasteiger partial charge in [0.15, 0.2) is 0 Å². The zero-order chi connectivity index (χ0) is 12.1. The van der Waals surface area contributed by atoms with Crippen molar-refractivity contribution in [3.63, 3.8) is 0 Å². The van der Waals surface area contributed by atoms with Crippen LogP contribution in [-0.2, 0) is 25.5 Å². The fraction of sp³-hybridized carbons (Fsp3) is 0.455. The van der Waals surface area contributed by atoms with Crippen LogP contribution in [0.25, 0.3) is 0 Å². The zero-order valence-electron chi connectivity index (χ0n) is 9.48. The Hall–Kier alpha value is -1.36.